The molecule has 0 aromatic heterocycles. The molecule has 0 rings (SSSR count). The van der Waals surface area contributed by atoms with E-state index in [4.69, 9.17) is 18.7 Å². The molecule has 0 aromatic rings. The average molecular weight is 422 g/mol. The van der Waals surface area contributed by atoms with Crippen LogP contribution >= 0.6 is 7.82 Å². The van der Waals surface area contributed by atoms with E-state index in [1.807, 2.05) is 0 Å². The van der Waals surface area contributed by atoms with E-state index in [9.17, 15) is 23.8 Å². The molecule has 0 aliphatic heterocycles. The van der Waals surface area contributed by atoms with Gasteiger partial charge in [-0.05, 0) is 27.7 Å². The number of phosphoric ester groups is 1. The Labute approximate surface area is 195 Å². The molecule has 0 saturated carbocycles. The van der Waals surface area contributed by atoms with Crippen molar-refractivity contribution in [2.45, 2.75) is 46.1 Å². The van der Waals surface area contributed by atoms with Crippen LogP contribution in [0.4, 0.5) is 0 Å². The molecule has 0 aliphatic rings. The molecule has 0 radical (unpaired) electrons. The predicted octanol–water partition coefficient (Wildman–Crippen LogP) is -2.28. The van der Waals surface area contributed by atoms with E-state index in [0.29, 0.717) is 0 Å². The first-order valence-corrected chi connectivity index (χ1v) is 9.27. The van der Waals surface area contributed by atoms with Crippen molar-refractivity contribution in [3.8, 4) is 0 Å². The Balaban J connectivity index is 0. The van der Waals surface area contributed by atoms with Crippen molar-refractivity contribution >= 4 is 25.7 Å². The van der Waals surface area contributed by atoms with E-state index in [1.165, 1.54) is 27.7 Å². The molecule has 10 nitrogen and oxygen atoms in total. The van der Waals surface area contributed by atoms with Crippen molar-refractivity contribution in [2.75, 3.05) is 26.4 Å². The van der Waals surface area contributed by atoms with E-state index >= 15 is 0 Å². The zero-order chi connectivity index (χ0) is 19.5. The third-order valence-electron chi connectivity index (χ3n) is 2.69. The van der Waals surface area contributed by atoms with Crippen LogP contribution in [0.3, 0.4) is 0 Å². The minimum atomic E-state index is -5.01. The Bertz CT molecular complexity index is 490. The van der Waals surface area contributed by atoms with E-state index in [1.54, 1.807) is 0 Å². The molecular weight excluding hydrogens is 398 g/mol. The van der Waals surface area contributed by atoms with Crippen LogP contribution in [0.15, 0.2) is 0 Å². The normalized spacial score (nSPS) is 13.1. The zero-order valence-electron chi connectivity index (χ0n) is 15.8. The number of rotatable bonds is 12. The fourth-order valence-corrected chi connectivity index (χ4v) is 2.86. The van der Waals surface area contributed by atoms with E-state index < -0.39 is 44.2 Å². The molecule has 0 aliphatic carbocycles. The first-order chi connectivity index (χ1) is 11.7. The van der Waals surface area contributed by atoms with Gasteiger partial charge in [0.2, 0.25) is 0 Å². The first-order valence-electron chi connectivity index (χ1n) is 7.81. The van der Waals surface area contributed by atoms with Crippen LogP contribution < -0.4 is 56.3 Å². The maximum atomic E-state index is 12.3. The molecule has 146 valence electrons. The molecule has 0 aromatic carbocycles. The van der Waals surface area contributed by atoms with Crippen LogP contribution in [-0.4, -0.2) is 49.9 Å². The van der Waals surface area contributed by atoms with E-state index in [2.05, 4.69) is 4.52 Å². The summed E-state index contributed by atoms with van der Waals surface area (Å²) in [6, 6.07) is 0. The van der Waals surface area contributed by atoms with E-state index in [-0.39, 0.29) is 77.8 Å². The molecule has 0 spiro atoms. The SMILES string of the molecule is CCOC(=O)CC(CC(=O)OCC)(OP(=O)([O-])OCC)C(=O)OCC.[K+]. The van der Waals surface area contributed by atoms with Crippen molar-refractivity contribution < 1.29 is 98.5 Å². The minimum absolute atomic E-state index is 0. The number of esters is 3. The van der Waals surface area contributed by atoms with Gasteiger partial charge in [0.1, 0.15) is 0 Å². The minimum Gasteiger partial charge on any atom is -0.756 e. The molecule has 0 saturated heterocycles. The van der Waals surface area contributed by atoms with Crippen LogP contribution in [0.2, 0.25) is 0 Å². The summed E-state index contributed by atoms with van der Waals surface area (Å²) in [6.45, 7) is 5.47. The van der Waals surface area contributed by atoms with Crippen molar-refractivity contribution in [2.24, 2.45) is 0 Å². The van der Waals surface area contributed by atoms with Crippen molar-refractivity contribution in [1.82, 2.24) is 0 Å². The standard InChI is InChI=1S/C14H25O10P.K/c1-5-20-11(15)9-14(13(17)22-7-3,10-12(16)21-6-2)24-25(18,19)23-8-4;/h5-10H2,1-4H3,(H,18,19);/q;+1/p-1. The Kier molecular flexibility index (Phi) is 15.5. The summed E-state index contributed by atoms with van der Waals surface area (Å²) in [7, 11) is -5.01. The smallest absolute Gasteiger partial charge is 0.756 e. The zero-order valence-corrected chi connectivity index (χ0v) is 19.8. The molecule has 0 bridgehead atoms. The Hall–Kier alpha value is 0.156. The maximum absolute atomic E-state index is 12.3. The van der Waals surface area contributed by atoms with Crippen molar-refractivity contribution in [1.29, 1.82) is 0 Å². The second kappa shape index (κ2) is 14.2. The second-order valence-corrected chi connectivity index (χ2v) is 5.97. The summed E-state index contributed by atoms with van der Waals surface area (Å²) in [4.78, 5) is 48.0. The topological polar surface area (TPSA) is 137 Å². The third-order valence-corrected chi connectivity index (χ3v) is 3.84. The largest absolute Gasteiger partial charge is 1.00 e. The number of hydrogen-bond acceptors (Lipinski definition) is 10. The van der Waals surface area contributed by atoms with Crippen molar-refractivity contribution in [3.05, 3.63) is 0 Å². The van der Waals surface area contributed by atoms with E-state index in [0.717, 1.165) is 0 Å². The summed E-state index contributed by atoms with van der Waals surface area (Å²) in [5, 5.41) is 0. The number of ether oxygens (including phenoxy) is 3. The van der Waals surface area contributed by atoms with Gasteiger partial charge in [-0.25, -0.2) is 4.79 Å². The molecular formula is C14H24KO10P. The number of hydrogen-bond donors (Lipinski definition) is 0. The molecule has 1 atom stereocenters. The Morgan fingerprint density at radius 1 is 0.846 bits per heavy atom. The maximum Gasteiger partial charge on any atom is 1.00 e. The van der Waals surface area contributed by atoms with Crippen LogP contribution in [0.1, 0.15) is 40.5 Å². The fraction of sp³-hybridized carbons (Fsp3) is 0.786. The summed E-state index contributed by atoms with van der Waals surface area (Å²) in [5.74, 6) is -3.11. The van der Waals surface area contributed by atoms with Crippen molar-refractivity contribution in [3.63, 3.8) is 0 Å². The fourth-order valence-electron chi connectivity index (χ4n) is 1.86. The predicted molar refractivity (Wildman–Crippen MR) is 82.2 cm³/mol. The third kappa shape index (κ3) is 10.5. The van der Waals surface area contributed by atoms with Crippen LogP contribution in [-0.2, 0) is 42.2 Å². The first kappa shape index (κ1) is 28.4. The van der Waals surface area contributed by atoms with Crippen LogP contribution in [0, 0.1) is 0 Å². The van der Waals surface area contributed by atoms with Crippen LogP contribution in [0.5, 0.6) is 0 Å². The van der Waals surface area contributed by atoms with Gasteiger partial charge >= 0.3 is 69.3 Å². The van der Waals surface area contributed by atoms with Gasteiger partial charge in [0, 0.05) is 0 Å². The van der Waals surface area contributed by atoms with Gasteiger partial charge in [-0.2, -0.15) is 0 Å². The van der Waals surface area contributed by atoms with Gasteiger partial charge in [0.15, 0.2) is 5.60 Å². The number of carbonyl (C=O) groups excluding carboxylic acids is 3. The summed E-state index contributed by atoms with van der Waals surface area (Å²) in [6.07, 6.45) is -1.73. The van der Waals surface area contributed by atoms with Gasteiger partial charge in [-0.3, -0.25) is 18.7 Å². The van der Waals surface area contributed by atoms with Gasteiger partial charge < -0.3 is 23.6 Å². The molecule has 0 fully saturated rings. The monoisotopic (exact) mass is 422 g/mol. The van der Waals surface area contributed by atoms with Gasteiger partial charge in [-0.1, -0.05) is 0 Å². The second-order valence-electron chi connectivity index (χ2n) is 4.63. The molecule has 12 heteroatoms. The van der Waals surface area contributed by atoms with Gasteiger partial charge in [0.05, 0.1) is 39.3 Å². The molecule has 0 N–H and O–H groups in total. The summed E-state index contributed by atoms with van der Waals surface area (Å²) >= 11 is 0. The summed E-state index contributed by atoms with van der Waals surface area (Å²) < 4.78 is 35.4. The molecule has 1 unspecified atom stereocenters. The Morgan fingerprint density at radius 2 is 1.27 bits per heavy atom. The number of carbonyl (C=O) groups is 3. The van der Waals surface area contributed by atoms with Gasteiger partial charge in [0.25, 0.3) is 7.82 Å². The number of phosphoric acid groups is 1. The molecule has 26 heavy (non-hydrogen) atoms. The van der Waals surface area contributed by atoms with Gasteiger partial charge in [-0.15, -0.1) is 0 Å². The van der Waals surface area contributed by atoms with Crippen LogP contribution in [0.25, 0.3) is 0 Å². The summed E-state index contributed by atoms with van der Waals surface area (Å²) in [5.41, 5.74) is -2.47. The quantitative estimate of drug-likeness (QED) is 0.146. The average Bonchev–Trinajstić information content (AvgIpc) is 2.46. The Morgan fingerprint density at radius 3 is 1.62 bits per heavy atom. The molecule has 0 amide bonds. The molecule has 0 heterocycles.